The summed E-state index contributed by atoms with van der Waals surface area (Å²) < 4.78 is 0. The van der Waals surface area contributed by atoms with Crippen LogP contribution in [0.25, 0.3) is 54.9 Å². The topological polar surface area (TPSA) is 3.24 Å². The molecule has 58 heavy (non-hydrogen) atoms. The highest BCUT2D eigenvalue weighted by Crippen LogP contribution is 2.57. The Hall–Kier alpha value is -7.48. The van der Waals surface area contributed by atoms with Crippen molar-refractivity contribution in [3.63, 3.8) is 0 Å². The van der Waals surface area contributed by atoms with Gasteiger partial charge in [-0.1, -0.05) is 206 Å². The quantitative estimate of drug-likeness (QED) is 0.147. The zero-order chi connectivity index (χ0) is 38.5. The molecule has 0 N–H and O–H groups in total. The van der Waals surface area contributed by atoms with Crippen LogP contribution in [-0.2, 0) is 5.41 Å². The average Bonchev–Trinajstić information content (AvgIpc) is 3.61. The molecule has 0 unspecified atom stereocenters. The summed E-state index contributed by atoms with van der Waals surface area (Å²) in [6.07, 6.45) is 0. The fourth-order valence-electron chi connectivity index (χ4n) is 9.51. The Labute approximate surface area is 339 Å². The smallest absolute Gasteiger partial charge is 0.0714 e. The summed E-state index contributed by atoms with van der Waals surface area (Å²) in [6.45, 7) is 0. The molecule has 272 valence electrons. The lowest BCUT2D eigenvalue weighted by atomic mass is 9.67. The molecular weight excluding hydrogens is 699 g/mol. The molecule has 0 atom stereocenters. The van der Waals surface area contributed by atoms with Gasteiger partial charge in [0.15, 0.2) is 0 Å². The molecule has 0 heterocycles. The Morgan fingerprint density at radius 3 is 1.41 bits per heavy atom. The van der Waals surface area contributed by atoms with Crippen LogP contribution < -0.4 is 4.90 Å². The number of hydrogen-bond acceptors (Lipinski definition) is 1. The standard InChI is InChI=1S/C57H39N/c1-4-16-40(17-5-1)41-28-30-42(31-29-41)43-32-34-47(35-33-43)58(56-38-44-18-10-11-23-49(44)50-24-12-13-26-53(50)56)48-36-37-52-51-25-14-15-27-54(51)57(55(52)39-48,45-19-6-2-7-20-45)46-21-8-3-9-22-46/h1-39H. The van der Waals surface area contributed by atoms with Gasteiger partial charge in [-0.15, -0.1) is 0 Å². The van der Waals surface area contributed by atoms with Crippen molar-refractivity contribution in [2.75, 3.05) is 4.90 Å². The van der Waals surface area contributed by atoms with Crippen LogP contribution in [0.1, 0.15) is 22.3 Å². The highest BCUT2D eigenvalue weighted by atomic mass is 15.1. The monoisotopic (exact) mass is 737 g/mol. The summed E-state index contributed by atoms with van der Waals surface area (Å²) >= 11 is 0. The first kappa shape index (κ1) is 33.8. The zero-order valence-electron chi connectivity index (χ0n) is 32.0. The third-order valence-electron chi connectivity index (χ3n) is 12.1. The average molecular weight is 738 g/mol. The van der Waals surface area contributed by atoms with Crippen LogP contribution in [0.15, 0.2) is 237 Å². The molecule has 1 nitrogen and oxygen atoms in total. The van der Waals surface area contributed by atoms with Gasteiger partial charge in [0.25, 0.3) is 0 Å². The van der Waals surface area contributed by atoms with Crippen molar-refractivity contribution in [2.45, 2.75) is 5.41 Å². The van der Waals surface area contributed by atoms with Crippen molar-refractivity contribution in [1.29, 1.82) is 0 Å². The molecule has 0 amide bonds. The fourth-order valence-corrected chi connectivity index (χ4v) is 9.51. The van der Waals surface area contributed by atoms with E-state index in [4.69, 9.17) is 0 Å². The molecule has 0 radical (unpaired) electrons. The van der Waals surface area contributed by atoms with Crippen LogP contribution in [-0.4, -0.2) is 0 Å². The van der Waals surface area contributed by atoms with E-state index < -0.39 is 5.41 Å². The van der Waals surface area contributed by atoms with Crippen LogP contribution in [0, 0.1) is 0 Å². The minimum atomic E-state index is -0.503. The molecule has 0 aliphatic heterocycles. The van der Waals surface area contributed by atoms with E-state index in [2.05, 4.69) is 241 Å². The lowest BCUT2D eigenvalue weighted by Crippen LogP contribution is -2.28. The van der Waals surface area contributed by atoms with Crippen LogP contribution in [0.2, 0.25) is 0 Å². The van der Waals surface area contributed by atoms with E-state index in [1.165, 1.54) is 77.2 Å². The second-order valence-electron chi connectivity index (χ2n) is 15.2. The van der Waals surface area contributed by atoms with Crippen molar-refractivity contribution < 1.29 is 0 Å². The molecule has 1 heteroatoms. The largest absolute Gasteiger partial charge is 0.310 e. The maximum absolute atomic E-state index is 2.47. The Morgan fingerprint density at radius 2 is 0.759 bits per heavy atom. The predicted octanol–water partition coefficient (Wildman–Crippen LogP) is 15.2. The van der Waals surface area contributed by atoms with Gasteiger partial charge in [0.2, 0.25) is 0 Å². The van der Waals surface area contributed by atoms with Gasteiger partial charge < -0.3 is 4.90 Å². The number of fused-ring (bicyclic) bond motifs is 6. The molecule has 0 bridgehead atoms. The van der Waals surface area contributed by atoms with Crippen LogP contribution >= 0.6 is 0 Å². The second-order valence-corrected chi connectivity index (χ2v) is 15.2. The third kappa shape index (κ3) is 5.39. The molecule has 10 aromatic rings. The van der Waals surface area contributed by atoms with Crippen molar-refractivity contribution >= 4 is 38.6 Å². The molecule has 10 aromatic carbocycles. The maximum atomic E-state index is 2.47. The van der Waals surface area contributed by atoms with Crippen molar-refractivity contribution in [3.05, 3.63) is 259 Å². The van der Waals surface area contributed by atoms with Gasteiger partial charge in [-0.05, 0) is 102 Å². The van der Waals surface area contributed by atoms with Gasteiger partial charge in [0.1, 0.15) is 0 Å². The fraction of sp³-hybridized carbons (Fsp3) is 0.0175. The predicted molar refractivity (Wildman–Crippen MR) is 244 cm³/mol. The number of hydrogen-bond donors (Lipinski definition) is 0. The van der Waals surface area contributed by atoms with E-state index in [1.54, 1.807) is 0 Å². The van der Waals surface area contributed by atoms with E-state index in [9.17, 15) is 0 Å². The summed E-state index contributed by atoms with van der Waals surface area (Å²) in [6, 6.07) is 86.8. The van der Waals surface area contributed by atoms with E-state index in [1.807, 2.05) is 0 Å². The highest BCUT2D eigenvalue weighted by molar-refractivity contribution is 6.14. The van der Waals surface area contributed by atoms with Crippen LogP contribution in [0.4, 0.5) is 17.1 Å². The lowest BCUT2D eigenvalue weighted by Gasteiger charge is -2.35. The molecule has 0 saturated heterocycles. The summed E-state index contributed by atoms with van der Waals surface area (Å²) in [5.41, 5.74) is 15.3. The molecule has 0 saturated carbocycles. The molecule has 11 rings (SSSR count). The lowest BCUT2D eigenvalue weighted by molar-refractivity contribution is 0.768. The van der Waals surface area contributed by atoms with E-state index >= 15 is 0 Å². The van der Waals surface area contributed by atoms with Crippen molar-refractivity contribution in [2.24, 2.45) is 0 Å². The number of nitrogens with zero attached hydrogens (tertiary/aromatic N) is 1. The van der Waals surface area contributed by atoms with Gasteiger partial charge in [0, 0.05) is 16.8 Å². The second kappa shape index (κ2) is 13.9. The minimum absolute atomic E-state index is 0.503. The summed E-state index contributed by atoms with van der Waals surface area (Å²) in [5, 5.41) is 4.93. The number of anilines is 3. The van der Waals surface area contributed by atoms with Gasteiger partial charge in [-0.2, -0.15) is 0 Å². The normalized spacial score (nSPS) is 12.6. The number of rotatable bonds is 7. The van der Waals surface area contributed by atoms with Crippen LogP contribution in [0.5, 0.6) is 0 Å². The Balaban J connectivity index is 1.13. The molecule has 0 fully saturated rings. The number of benzene rings is 10. The SMILES string of the molecule is c1ccc(-c2ccc(-c3ccc(N(c4ccc5c(c4)C(c4ccccc4)(c4ccccc4)c4ccccc4-5)c4cc5ccccc5c5ccccc45)cc3)cc2)cc1. The highest BCUT2D eigenvalue weighted by Gasteiger charge is 2.46. The van der Waals surface area contributed by atoms with Crippen molar-refractivity contribution in [1.82, 2.24) is 0 Å². The Morgan fingerprint density at radius 1 is 0.293 bits per heavy atom. The van der Waals surface area contributed by atoms with Gasteiger partial charge in [-0.25, -0.2) is 0 Å². The molecular formula is C57H39N. The van der Waals surface area contributed by atoms with Gasteiger partial charge in [-0.3, -0.25) is 0 Å². The van der Waals surface area contributed by atoms with Crippen molar-refractivity contribution in [3.8, 4) is 33.4 Å². The third-order valence-corrected chi connectivity index (χ3v) is 12.1. The van der Waals surface area contributed by atoms with Gasteiger partial charge >= 0.3 is 0 Å². The molecule has 0 aromatic heterocycles. The van der Waals surface area contributed by atoms with Gasteiger partial charge in [0.05, 0.1) is 11.1 Å². The first-order valence-corrected chi connectivity index (χ1v) is 20.1. The first-order chi connectivity index (χ1) is 28.8. The Kier molecular flexibility index (Phi) is 8.12. The summed E-state index contributed by atoms with van der Waals surface area (Å²) in [7, 11) is 0. The maximum Gasteiger partial charge on any atom is 0.0714 e. The molecule has 0 spiro atoms. The minimum Gasteiger partial charge on any atom is -0.310 e. The van der Waals surface area contributed by atoms with Crippen LogP contribution in [0.3, 0.4) is 0 Å². The van der Waals surface area contributed by atoms with E-state index in [0.717, 1.165) is 17.1 Å². The van der Waals surface area contributed by atoms with E-state index in [0.29, 0.717) is 0 Å². The molecule has 1 aliphatic rings. The van der Waals surface area contributed by atoms with E-state index in [-0.39, 0.29) is 0 Å². The first-order valence-electron chi connectivity index (χ1n) is 20.1. The Bertz CT molecular complexity index is 3040. The summed E-state index contributed by atoms with van der Waals surface area (Å²) in [5.74, 6) is 0. The molecule has 1 aliphatic carbocycles. The zero-order valence-corrected chi connectivity index (χ0v) is 32.0. The summed E-state index contributed by atoms with van der Waals surface area (Å²) in [4.78, 5) is 2.47.